The first-order valence-electron chi connectivity index (χ1n) is 5.54. The molecule has 0 bridgehead atoms. The number of benzene rings is 1. The molecule has 1 heterocycles. The molecule has 0 aliphatic rings. The van der Waals surface area contributed by atoms with E-state index < -0.39 is 0 Å². The lowest BCUT2D eigenvalue weighted by molar-refractivity contribution is 0.475. The van der Waals surface area contributed by atoms with Gasteiger partial charge in [-0.05, 0) is 18.6 Å². The smallest absolute Gasteiger partial charge is 0.251 e. The SMILES string of the molecule is CCc1c[nH]c(=O)cc1Oc1cc(N)cc(Cl)c1. The Bertz CT molecular complexity index is 602. The van der Waals surface area contributed by atoms with Crippen molar-refractivity contribution < 1.29 is 4.74 Å². The van der Waals surface area contributed by atoms with Crippen molar-refractivity contribution in [3.05, 3.63) is 51.4 Å². The Kier molecular flexibility index (Phi) is 3.58. The Morgan fingerprint density at radius 3 is 2.78 bits per heavy atom. The van der Waals surface area contributed by atoms with Gasteiger partial charge in [0.25, 0.3) is 5.56 Å². The van der Waals surface area contributed by atoms with Crippen LogP contribution < -0.4 is 16.0 Å². The Labute approximate surface area is 109 Å². The molecule has 3 N–H and O–H groups in total. The van der Waals surface area contributed by atoms with Gasteiger partial charge in [0.05, 0.1) is 0 Å². The lowest BCUT2D eigenvalue weighted by Gasteiger charge is -2.10. The van der Waals surface area contributed by atoms with Gasteiger partial charge < -0.3 is 15.5 Å². The zero-order chi connectivity index (χ0) is 13.1. The summed E-state index contributed by atoms with van der Waals surface area (Å²) in [6.07, 6.45) is 2.40. The molecule has 0 saturated carbocycles. The summed E-state index contributed by atoms with van der Waals surface area (Å²) in [5.41, 5.74) is 6.89. The zero-order valence-electron chi connectivity index (χ0n) is 9.87. The van der Waals surface area contributed by atoms with Crippen LogP contribution in [0.25, 0.3) is 0 Å². The van der Waals surface area contributed by atoms with Gasteiger partial charge in [-0.1, -0.05) is 18.5 Å². The number of pyridine rings is 1. The van der Waals surface area contributed by atoms with E-state index in [2.05, 4.69) is 4.98 Å². The summed E-state index contributed by atoms with van der Waals surface area (Å²) >= 11 is 5.89. The molecule has 0 aliphatic carbocycles. The summed E-state index contributed by atoms with van der Waals surface area (Å²) in [7, 11) is 0. The summed E-state index contributed by atoms with van der Waals surface area (Å²) in [5.74, 6) is 1.03. The predicted octanol–water partition coefficient (Wildman–Crippen LogP) is 2.97. The minimum absolute atomic E-state index is 0.211. The lowest BCUT2D eigenvalue weighted by Crippen LogP contribution is -2.05. The summed E-state index contributed by atoms with van der Waals surface area (Å²) < 4.78 is 5.66. The third-order valence-corrected chi connectivity index (χ3v) is 2.69. The van der Waals surface area contributed by atoms with Crippen LogP contribution in [0.5, 0.6) is 11.5 Å². The molecule has 1 aromatic carbocycles. The second-order valence-corrected chi connectivity index (χ2v) is 4.30. The molecular formula is C13H13ClN2O2. The first-order valence-corrected chi connectivity index (χ1v) is 5.92. The van der Waals surface area contributed by atoms with Crippen molar-refractivity contribution in [1.29, 1.82) is 0 Å². The quantitative estimate of drug-likeness (QED) is 0.838. The van der Waals surface area contributed by atoms with Crippen molar-refractivity contribution in [1.82, 2.24) is 4.98 Å². The van der Waals surface area contributed by atoms with E-state index in [-0.39, 0.29) is 5.56 Å². The van der Waals surface area contributed by atoms with Crippen molar-refractivity contribution in [2.24, 2.45) is 0 Å². The van der Waals surface area contributed by atoms with Gasteiger partial charge in [-0.3, -0.25) is 4.79 Å². The predicted molar refractivity (Wildman–Crippen MR) is 72.4 cm³/mol. The molecule has 0 amide bonds. The van der Waals surface area contributed by atoms with Crippen LogP contribution in [0.15, 0.2) is 35.3 Å². The van der Waals surface area contributed by atoms with Gasteiger partial charge in [0, 0.05) is 34.6 Å². The largest absolute Gasteiger partial charge is 0.457 e. The molecule has 0 saturated heterocycles. The molecular weight excluding hydrogens is 252 g/mol. The van der Waals surface area contributed by atoms with Gasteiger partial charge in [-0.25, -0.2) is 0 Å². The van der Waals surface area contributed by atoms with Crippen LogP contribution >= 0.6 is 11.6 Å². The van der Waals surface area contributed by atoms with Crippen LogP contribution in [-0.2, 0) is 6.42 Å². The number of aromatic amines is 1. The standard InChI is InChI=1S/C13H13ClN2O2/c1-2-8-7-16-13(17)6-12(8)18-11-4-9(14)3-10(15)5-11/h3-7H,2,15H2,1H3,(H,16,17). The van der Waals surface area contributed by atoms with Gasteiger partial charge in [0.2, 0.25) is 0 Å². The number of aryl methyl sites for hydroxylation is 1. The van der Waals surface area contributed by atoms with Crippen LogP contribution in [0, 0.1) is 0 Å². The highest BCUT2D eigenvalue weighted by atomic mass is 35.5. The van der Waals surface area contributed by atoms with Crippen LogP contribution in [0.1, 0.15) is 12.5 Å². The molecule has 5 heteroatoms. The fourth-order valence-corrected chi connectivity index (χ4v) is 1.86. The van der Waals surface area contributed by atoms with Gasteiger partial charge in [-0.15, -0.1) is 0 Å². The van der Waals surface area contributed by atoms with Crippen LogP contribution in [0.3, 0.4) is 0 Å². The molecule has 0 spiro atoms. The van der Waals surface area contributed by atoms with Crippen molar-refractivity contribution in [3.8, 4) is 11.5 Å². The number of aromatic nitrogens is 1. The fraction of sp³-hybridized carbons (Fsp3) is 0.154. The number of hydrogen-bond donors (Lipinski definition) is 2. The molecule has 0 radical (unpaired) electrons. The molecule has 0 fully saturated rings. The van der Waals surface area contributed by atoms with E-state index in [1.165, 1.54) is 6.07 Å². The summed E-state index contributed by atoms with van der Waals surface area (Å²) in [6, 6.07) is 6.36. The molecule has 4 nitrogen and oxygen atoms in total. The molecule has 1 aromatic heterocycles. The highest BCUT2D eigenvalue weighted by Gasteiger charge is 2.06. The Morgan fingerprint density at radius 1 is 1.33 bits per heavy atom. The first-order chi connectivity index (χ1) is 8.58. The van der Waals surface area contributed by atoms with E-state index in [0.717, 1.165) is 12.0 Å². The average Bonchev–Trinajstić information content (AvgIpc) is 2.27. The molecule has 0 atom stereocenters. The van der Waals surface area contributed by atoms with E-state index in [4.69, 9.17) is 22.1 Å². The number of nitrogen functional groups attached to an aromatic ring is 1. The molecule has 2 rings (SSSR count). The van der Waals surface area contributed by atoms with Crippen LogP contribution in [0.2, 0.25) is 5.02 Å². The number of ether oxygens (including phenoxy) is 1. The zero-order valence-corrected chi connectivity index (χ0v) is 10.6. The topological polar surface area (TPSA) is 68.1 Å². The van der Waals surface area contributed by atoms with Crippen LogP contribution in [0.4, 0.5) is 5.69 Å². The minimum Gasteiger partial charge on any atom is -0.457 e. The van der Waals surface area contributed by atoms with E-state index in [0.29, 0.717) is 22.2 Å². The third kappa shape index (κ3) is 2.84. The normalized spacial score (nSPS) is 10.3. The minimum atomic E-state index is -0.211. The number of rotatable bonds is 3. The van der Waals surface area contributed by atoms with Crippen molar-refractivity contribution in [3.63, 3.8) is 0 Å². The number of nitrogens with two attached hydrogens (primary N) is 1. The van der Waals surface area contributed by atoms with Crippen molar-refractivity contribution in [2.75, 3.05) is 5.73 Å². The molecule has 0 unspecified atom stereocenters. The van der Waals surface area contributed by atoms with Gasteiger partial charge >= 0.3 is 0 Å². The number of nitrogens with one attached hydrogen (secondary N) is 1. The summed E-state index contributed by atoms with van der Waals surface area (Å²) in [4.78, 5) is 13.9. The lowest BCUT2D eigenvalue weighted by atomic mass is 10.2. The highest BCUT2D eigenvalue weighted by molar-refractivity contribution is 6.31. The van der Waals surface area contributed by atoms with Gasteiger partial charge in [0.1, 0.15) is 11.5 Å². The monoisotopic (exact) mass is 264 g/mol. The van der Waals surface area contributed by atoms with Crippen molar-refractivity contribution in [2.45, 2.75) is 13.3 Å². The third-order valence-electron chi connectivity index (χ3n) is 2.47. The molecule has 94 valence electrons. The summed E-state index contributed by atoms with van der Waals surface area (Å²) in [5, 5.41) is 0.493. The maximum absolute atomic E-state index is 11.3. The average molecular weight is 265 g/mol. The van der Waals surface area contributed by atoms with E-state index in [9.17, 15) is 4.79 Å². The molecule has 0 aliphatic heterocycles. The van der Waals surface area contributed by atoms with E-state index in [1.54, 1.807) is 24.4 Å². The second-order valence-electron chi connectivity index (χ2n) is 3.86. The fourth-order valence-electron chi connectivity index (χ4n) is 1.62. The van der Waals surface area contributed by atoms with Gasteiger partial charge in [-0.2, -0.15) is 0 Å². The number of anilines is 1. The van der Waals surface area contributed by atoms with Gasteiger partial charge in [0.15, 0.2) is 0 Å². The highest BCUT2D eigenvalue weighted by Crippen LogP contribution is 2.28. The van der Waals surface area contributed by atoms with Crippen molar-refractivity contribution >= 4 is 17.3 Å². The first kappa shape index (κ1) is 12.5. The summed E-state index contributed by atoms with van der Waals surface area (Å²) in [6.45, 7) is 1.98. The Hall–Kier alpha value is -1.94. The molecule has 2 aromatic rings. The second kappa shape index (κ2) is 5.14. The Morgan fingerprint density at radius 2 is 2.11 bits per heavy atom. The number of halogens is 1. The maximum Gasteiger partial charge on any atom is 0.251 e. The number of hydrogen-bond acceptors (Lipinski definition) is 3. The van der Waals surface area contributed by atoms with E-state index >= 15 is 0 Å². The van der Waals surface area contributed by atoms with Crippen LogP contribution in [-0.4, -0.2) is 4.98 Å². The maximum atomic E-state index is 11.3. The number of H-pyrrole nitrogens is 1. The van der Waals surface area contributed by atoms with E-state index in [1.807, 2.05) is 6.92 Å². The Balaban J connectivity index is 2.38. The molecule has 18 heavy (non-hydrogen) atoms.